The van der Waals surface area contributed by atoms with E-state index in [2.05, 4.69) is 10.5 Å². The zero-order valence-electron chi connectivity index (χ0n) is 15.5. The first-order valence-electron chi connectivity index (χ1n) is 9.47. The van der Waals surface area contributed by atoms with Gasteiger partial charge in [0.1, 0.15) is 5.69 Å². The molecule has 28 heavy (non-hydrogen) atoms. The first-order chi connectivity index (χ1) is 13.6. The molecule has 6 nitrogen and oxygen atoms in total. The van der Waals surface area contributed by atoms with Crippen LogP contribution in [0, 0.1) is 6.92 Å². The Kier molecular flexibility index (Phi) is 3.86. The largest absolute Gasteiger partial charge is 0.448 e. The second-order valence-corrected chi connectivity index (χ2v) is 7.38. The molecule has 1 amide bonds. The van der Waals surface area contributed by atoms with Gasteiger partial charge >= 0.3 is 0 Å². The number of nitrogens with zero attached hydrogens (tertiary/aromatic N) is 1. The van der Waals surface area contributed by atoms with Crippen molar-refractivity contribution in [2.24, 2.45) is 0 Å². The SMILES string of the molecule is Cc1ccc(-c2cc(C(=O)Nc3ccc4c(c3)OC3(CCCC3)O4)on2)cc1. The van der Waals surface area contributed by atoms with E-state index in [4.69, 9.17) is 14.0 Å². The van der Waals surface area contributed by atoms with Crippen molar-refractivity contribution in [1.29, 1.82) is 0 Å². The maximum atomic E-state index is 12.5. The Labute approximate surface area is 162 Å². The highest BCUT2D eigenvalue weighted by Gasteiger charge is 2.44. The molecular weight excluding hydrogens is 356 g/mol. The Morgan fingerprint density at radius 2 is 1.75 bits per heavy atom. The topological polar surface area (TPSA) is 73.6 Å². The fraction of sp³-hybridized carbons (Fsp3) is 0.273. The van der Waals surface area contributed by atoms with Crippen LogP contribution >= 0.6 is 0 Å². The minimum absolute atomic E-state index is 0.153. The molecule has 0 unspecified atom stereocenters. The predicted molar refractivity (Wildman–Crippen MR) is 104 cm³/mol. The van der Waals surface area contributed by atoms with Crippen molar-refractivity contribution in [2.75, 3.05) is 5.32 Å². The normalized spacial score (nSPS) is 16.5. The molecule has 6 heteroatoms. The number of hydrogen-bond donors (Lipinski definition) is 1. The fourth-order valence-electron chi connectivity index (χ4n) is 3.72. The van der Waals surface area contributed by atoms with Gasteiger partial charge in [-0.15, -0.1) is 0 Å². The van der Waals surface area contributed by atoms with E-state index in [-0.39, 0.29) is 11.7 Å². The lowest BCUT2D eigenvalue weighted by atomic mass is 10.1. The fourth-order valence-corrected chi connectivity index (χ4v) is 3.72. The molecular formula is C22H20N2O4. The van der Waals surface area contributed by atoms with Gasteiger partial charge in [-0.3, -0.25) is 4.79 Å². The molecule has 1 aliphatic heterocycles. The number of nitrogens with one attached hydrogen (secondary N) is 1. The third-order valence-corrected chi connectivity index (χ3v) is 5.24. The molecule has 3 aromatic rings. The van der Waals surface area contributed by atoms with Gasteiger partial charge in [0, 0.05) is 36.2 Å². The van der Waals surface area contributed by atoms with E-state index in [1.165, 1.54) is 0 Å². The number of carbonyl (C=O) groups is 1. The number of anilines is 1. The molecule has 1 aliphatic carbocycles. The number of rotatable bonds is 3. The summed E-state index contributed by atoms with van der Waals surface area (Å²) in [5.41, 5.74) is 3.31. The van der Waals surface area contributed by atoms with Crippen molar-refractivity contribution in [3.8, 4) is 22.8 Å². The molecule has 0 saturated heterocycles. The lowest BCUT2D eigenvalue weighted by Gasteiger charge is -2.21. The van der Waals surface area contributed by atoms with Crippen molar-refractivity contribution in [3.05, 3.63) is 59.9 Å². The third-order valence-electron chi connectivity index (χ3n) is 5.24. The summed E-state index contributed by atoms with van der Waals surface area (Å²) in [6, 6.07) is 14.9. The summed E-state index contributed by atoms with van der Waals surface area (Å²) < 4.78 is 17.3. The standard InChI is InChI=1S/C22H20N2O4/c1-14-4-6-15(7-5-14)17-13-20(28-24-17)21(25)23-16-8-9-18-19(12-16)27-22(26-18)10-2-3-11-22/h4-9,12-13H,2-3,10-11H2,1H3,(H,23,25). The minimum Gasteiger partial charge on any atom is -0.448 e. The molecule has 142 valence electrons. The van der Waals surface area contributed by atoms with Gasteiger partial charge in [-0.05, 0) is 31.9 Å². The van der Waals surface area contributed by atoms with Crippen LogP contribution in [0.3, 0.4) is 0 Å². The molecule has 1 spiro atoms. The average Bonchev–Trinajstić information content (AvgIpc) is 3.42. The monoisotopic (exact) mass is 376 g/mol. The number of benzene rings is 2. The maximum absolute atomic E-state index is 12.5. The predicted octanol–water partition coefficient (Wildman–Crippen LogP) is 4.94. The van der Waals surface area contributed by atoms with Gasteiger partial charge in [0.05, 0.1) is 0 Å². The van der Waals surface area contributed by atoms with E-state index in [0.717, 1.165) is 42.6 Å². The van der Waals surface area contributed by atoms with Crippen LogP contribution in [0.25, 0.3) is 11.3 Å². The number of carbonyl (C=O) groups excluding carboxylic acids is 1. The molecule has 5 rings (SSSR count). The number of aromatic nitrogens is 1. The maximum Gasteiger partial charge on any atom is 0.294 e. The molecule has 0 radical (unpaired) electrons. The molecule has 2 aliphatic rings. The van der Waals surface area contributed by atoms with Gasteiger partial charge in [-0.1, -0.05) is 35.0 Å². The van der Waals surface area contributed by atoms with Crippen molar-refractivity contribution in [2.45, 2.75) is 38.4 Å². The summed E-state index contributed by atoms with van der Waals surface area (Å²) in [7, 11) is 0. The van der Waals surface area contributed by atoms with Crippen LogP contribution in [0.2, 0.25) is 0 Å². The number of ether oxygens (including phenoxy) is 2. The molecule has 2 heterocycles. The molecule has 0 atom stereocenters. The van der Waals surface area contributed by atoms with Gasteiger partial charge in [-0.2, -0.15) is 0 Å². The van der Waals surface area contributed by atoms with Crippen molar-refractivity contribution >= 4 is 11.6 Å². The molecule has 1 fully saturated rings. The van der Waals surface area contributed by atoms with Crippen LogP contribution in [-0.2, 0) is 0 Å². The zero-order valence-corrected chi connectivity index (χ0v) is 15.5. The van der Waals surface area contributed by atoms with Gasteiger partial charge in [0.2, 0.25) is 5.76 Å². The van der Waals surface area contributed by atoms with Crippen LogP contribution in [0.4, 0.5) is 5.69 Å². The highest BCUT2D eigenvalue weighted by atomic mass is 16.7. The highest BCUT2D eigenvalue weighted by Crippen LogP contribution is 2.47. The summed E-state index contributed by atoms with van der Waals surface area (Å²) in [5.74, 6) is 0.665. The summed E-state index contributed by atoms with van der Waals surface area (Å²) in [6.45, 7) is 2.02. The van der Waals surface area contributed by atoms with E-state index < -0.39 is 5.79 Å². The summed E-state index contributed by atoms with van der Waals surface area (Å²) >= 11 is 0. The Balaban J connectivity index is 1.31. The van der Waals surface area contributed by atoms with E-state index in [9.17, 15) is 4.79 Å². The number of fused-ring (bicyclic) bond motifs is 1. The Morgan fingerprint density at radius 1 is 1.00 bits per heavy atom. The second kappa shape index (κ2) is 6.41. The summed E-state index contributed by atoms with van der Waals surface area (Å²) in [5, 5.41) is 6.84. The van der Waals surface area contributed by atoms with Crippen LogP contribution in [0.15, 0.2) is 53.1 Å². The van der Waals surface area contributed by atoms with E-state index >= 15 is 0 Å². The quantitative estimate of drug-likeness (QED) is 0.701. The molecule has 2 aromatic carbocycles. The van der Waals surface area contributed by atoms with Gasteiger partial charge in [0.15, 0.2) is 11.5 Å². The smallest absolute Gasteiger partial charge is 0.294 e. The summed E-state index contributed by atoms with van der Waals surface area (Å²) in [6.07, 6.45) is 3.99. The molecule has 0 bridgehead atoms. The first kappa shape index (κ1) is 16.9. The Bertz CT molecular complexity index is 1030. The van der Waals surface area contributed by atoms with Crippen molar-refractivity contribution < 1.29 is 18.8 Å². The van der Waals surface area contributed by atoms with Gasteiger partial charge < -0.3 is 19.3 Å². The number of amides is 1. The summed E-state index contributed by atoms with van der Waals surface area (Å²) in [4.78, 5) is 12.5. The third kappa shape index (κ3) is 3.01. The second-order valence-electron chi connectivity index (χ2n) is 7.38. The number of hydrogen-bond acceptors (Lipinski definition) is 5. The van der Waals surface area contributed by atoms with E-state index in [1.54, 1.807) is 18.2 Å². The van der Waals surface area contributed by atoms with Crippen LogP contribution < -0.4 is 14.8 Å². The zero-order chi connectivity index (χ0) is 19.1. The Hall–Kier alpha value is -3.28. The molecule has 1 aromatic heterocycles. The number of aryl methyl sites for hydroxylation is 1. The van der Waals surface area contributed by atoms with Crippen LogP contribution in [0.5, 0.6) is 11.5 Å². The van der Waals surface area contributed by atoms with Crippen LogP contribution in [0.1, 0.15) is 41.8 Å². The van der Waals surface area contributed by atoms with Gasteiger partial charge in [-0.25, -0.2) is 0 Å². The minimum atomic E-state index is -0.515. The van der Waals surface area contributed by atoms with Crippen molar-refractivity contribution in [1.82, 2.24) is 5.16 Å². The first-order valence-corrected chi connectivity index (χ1v) is 9.47. The lowest BCUT2D eigenvalue weighted by molar-refractivity contribution is -0.0716. The molecule has 1 N–H and O–H groups in total. The average molecular weight is 376 g/mol. The van der Waals surface area contributed by atoms with E-state index in [1.807, 2.05) is 37.3 Å². The van der Waals surface area contributed by atoms with Gasteiger partial charge in [0.25, 0.3) is 11.7 Å². The highest BCUT2D eigenvalue weighted by molar-refractivity contribution is 6.02. The van der Waals surface area contributed by atoms with Crippen LogP contribution in [-0.4, -0.2) is 16.9 Å². The van der Waals surface area contributed by atoms with Crippen molar-refractivity contribution in [3.63, 3.8) is 0 Å². The van der Waals surface area contributed by atoms with E-state index in [0.29, 0.717) is 17.1 Å². The Morgan fingerprint density at radius 3 is 2.54 bits per heavy atom. The lowest BCUT2D eigenvalue weighted by Crippen LogP contribution is -2.34. The molecule has 1 saturated carbocycles.